The van der Waals surface area contributed by atoms with Gasteiger partial charge in [-0.25, -0.2) is 4.98 Å². The summed E-state index contributed by atoms with van der Waals surface area (Å²) in [6.45, 7) is 5.60. The lowest BCUT2D eigenvalue weighted by Crippen LogP contribution is -2.65. The molecule has 1 saturated carbocycles. The Labute approximate surface area is 193 Å². The number of anilines is 1. The topological polar surface area (TPSA) is 94.2 Å². The summed E-state index contributed by atoms with van der Waals surface area (Å²) in [6, 6.07) is 7.75. The summed E-state index contributed by atoms with van der Waals surface area (Å²) in [7, 11) is 1.61. The van der Waals surface area contributed by atoms with Gasteiger partial charge in [-0.2, -0.15) is 0 Å². The number of aromatic nitrogens is 3. The maximum absolute atomic E-state index is 12.2. The van der Waals surface area contributed by atoms with Crippen LogP contribution in [-0.4, -0.2) is 58.0 Å². The molecule has 1 saturated heterocycles. The van der Waals surface area contributed by atoms with E-state index in [1.165, 1.54) is 19.3 Å². The summed E-state index contributed by atoms with van der Waals surface area (Å²) >= 11 is 0. The molecule has 3 aromatic heterocycles. The molecule has 0 radical (unpaired) electrons. The third-order valence-corrected chi connectivity index (χ3v) is 7.23. The second-order valence-corrected chi connectivity index (χ2v) is 9.16. The van der Waals surface area contributed by atoms with Crippen LogP contribution >= 0.6 is 0 Å². The third kappa shape index (κ3) is 3.99. The summed E-state index contributed by atoms with van der Waals surface area (Å²) in [5.41, 5.74) is 5.15. The lowest BCUT2D eigenvalue weighted by molar-refractivity contribution is -0.000106. The van der Waals surface area contributed by atoms with Crippen molar-refractivity contribution in [3.63, 3.8) is 0 Å². The van der Waals surface area contributed by atoms with Crippen LogP contribution in [0.1, 0.15) is 47.8 Å². The average Bonchev–Trinajstić information content (AvgIpc) is 2.82. The van der Waals surface area contributed by atoms with Crippen LogP contribution in [0.4, 0.5) is 5.69 Å². The molecule has 0 atom stereocenters. The first-order chi connectivity index (χ1) is 16.0. The highest BCUT2D eigenvalue weighted by Crippen LogP contribution is 2.42. The highest BCUT2D eigenvalue weighted by atomic mass is 16.1. The molecule has 2 N–H and O–H groups in total. The number of nitrogens with one attached hydrogen (secondary N) is 2. The Hall–Kier alpha value is -3.26. The van der Waals surface area contributed by atoms with Crippen LogP contribution in [0.25, 0.3) is 11.0 Å². The Morgan fingerprint density at radius 1 is 1.18 bits per heavy atom. The quantitative estimate of drug-likeness (QED) is 0.625. The van der Waals surface area contributed by atoms with Crippen LogP contribution in [0.15, 0.2) is 41.5 Å². The average molecular weight is 447 g/mol. The van der Waals surface area contributed by atoms with E-state index < -0.39 is 0 Å². The maximum atomic E-state index is 12.2. The fourth-order valence-corrected chi connectivity index (χ4v) is 5.11. The van der Waals surface area contributed by atoms with E-state index in [9.17, 15) is 9.59 Å². The van der Waals surface area contributed by atoms with Crippen molar-refractivity contribution in [1.82, 2.24) is 25.2 Å². The van der Waals surface area contributed by atoms with E-state index in [0.717, 1.165) is 54.0 Å². The molecule has 1 amide bonds. The molecule has 8 heteroatoms. The van der Waals surface area contributed by atoms with E-state index in [0.29, 0.717) is 12.1 Å². The molecule has 0 bridgehead atoms. The van der Waals surface area contributed by atoms with Crippen molar-refractivity contribution in [1.29, 1.82) is 0 Å². The van der Waals surface area contributed by atoms with Crippen molar-refractivity contribution < 1.29 is 4.79 Å². The van der Waals surface area contributed by atoms with Crippen LogP contribution in [0.2, 0.25) is 0 Å². The number of pyridine rings is 3. The zero-order valence-electron chi connectivity index (χ0n) is 19.2. The van der Waals surface area contributed by atoms with Crippen molar-refractivity contribution >= 4 is 22.6 Å². The molecule has 4 heterocycles. The van der Waals surface area contributed by atoms with Crippen LogP contribution in [-0.2, 0) is 13.0 Å². The molecule has 33 heavy (non-hydrogen) atoms. The maximum Gasteiger partial charge on any atom is 0.269 e. The van der Waals surface area contributed by atoms with Crippen molar-refractivity contribution in [3.8, 4) is 0 Å². The standard InChI is InChI=1S/C25H30N6O2/c1-3-18-12-21-22(29-23(18)32)11-17(13-27-21)15-31-10-9-30(16-25(31)7-4-8-25)19-5-6-20(28-14-19)24(33)26-2/h5-6,11-14H,3-4,7-10,15-16H2,1-2H3,(H,26,33)(H,29,32). The van der Waals surface area contributed by atoms with Crippen LogP contribution in [0.5, 0.6) is 0 Å². The molecule has 172 valence electrons. The first-order valence-corrected chi connectivity index (χ1v) is 11.7. The number of H-pyrrole nitrogens is 1. The fraction of sp³-hybridized carbons (Fsp3) is 0.440. The zero-order valence-corrected chi connectivity index (χ0v) is 19.2. The van der Waals surface area contributed by atoms with Crippen LogP contribution < -0.4 is 15.8 Å². The molecule has 0 unspecified atom stereocenters. The van der Waals surface area contributed by atoms with Gasteiger partial charge in [-0.1, -0.05) is 6.92 Å². The minimum absolute atomic E-state index is 0.0240. The Kier molecular flexibility index (Phi) is 5.62. The fourth-order valence-electron chi connectivity index (χ4n) is 5.11. The van der Waals surface area contributed by atoms with Crippen LogP contribution in [0, 0.1) is 0 Å². The number of carbonyl (C=O) groups excluding carboxylic acids is 1. The summed E-state index contributed by atoms with van der Waals surface area (Å²) in [5, 5.41) is 2.61. The molecule has 1 spiro atoms. The first kappa shape index (κ1) is 21.6. The number of hydrogen-bond donors (Lipinski definition) is 2. The number of fused-ring (bicyclic) bond motifs is 1. The predicted molar refractivity (Wildman–Crippen MR) is 129 cm³/mol. The minimum Gasteiger partial charge on any atom is -0.367 e. The molecule has 1 aliphatic heterocycles. The molecule has 0 aromatic carbocycles. The van der Waals surface area contributed by atoms with Gasteiger partial charge in [0.25, 0.3) is 11.5 Å². The Bertz CT molecular complexity index is 1230. The second kappa shape index (κ2) is 8.59. The van der Waals surface area contributed by atoms with Gasteiger partial charge in [-0.15, -0.1) is 0 Å². The van der Waals surface area contributed by atoms with Gasteiger partial charge in [0.15, 0.2) is 0 Å². The Balaban J connectivity index is 1.33. The highest BCUT2D eigenvalue weighted by molar-refractivity contribution is 5.92. The summed E-state index contributed by atoms with van der Waals surface area (Å²) in [5.74, 6) is -0.168. The minimum atomic E-state index is -0.168. The van der Waals surface area contributed by atoms with Gasteiger partial charge in [0, 0.05) is 50.5 Å². The second-order valence-electron chi connectivity index (χ2n) is 9.16. The van der Waals surface area contributed by atoms with Gasteiger partial charge in [0.1, 0.15) is 5.69 Å². The van der Waals surface area contributed by atoms with Gasteiger partial charge in [-0.05, 0) is 55.5 Å². The first-order valence-electron chi connectivity index (χ1n) is 11.7. The number of piperazine rings is 1. The highest BCUT2D eigenvalue weighted by Gasteiger charge is 2.46. The lowest BCUT2D eigenvalue weighted by atomic mass is 9.73. The van der Waals surface area contributed by atoms with Crippen LogP contribution in [0.3, 0.4) is 0 Å². The number of rotatable bonds is 5. The third-order valence-electron chi connectivity index (χ3n) is 7.23. The Morgan fingerprint density at radius 3 is 2.70 bits per heavy atom. The van der Waals surface area contributed by atoms with Crippen molar-refractivity contribution in [2.45, 2.75) is 44.7 Å². The molecule has 1 aliphatic carbocycles. The van der Waals surface area contributed by atoms with E-state index >= 15 is 0 Å². The van der Waals surface area contributed by atoms with Gasteiger partial charge in [0.2, 0.25) is 0 Å². The molecular formula is C25H30N6O2. The molecule has 8 nitrogen and oxygen atoms in total. The van der Waals surface area contributed by atoms with Crippen molar-refractivity contribution in [2.75, 3.05) is 31.6 Å². The number of nitrogens with zero attached hydrogens (tertiary/aromatic N) is 4. The lowest BCUT2D eigenvalue weighted by Gasteiger charge is -2.56. The summed E-state index contributed by atoms with van der Waals surface area (Å²) in [4.78, 5) is 41.0. The monoisotopic (exact) mass is 446 g/mol. The number of hydrogen-bond acceptors (Lipinski definition) is 6. The smallest absolute Gasteiger partial charge is 0.269 e. The van der Waals surface area contributed by atoms with Gasteiger partial charge < -0.3 is 15.2 Å². The summed E-state index contributed by atoms with van der Waals surface area (Å²) in [6.07, 6.45) is 8.03. The number of carbonyl (C=O) groups is 1. The van der Waals surface area contributed by atoms with E-state index in [-0.39, 0.29) is 17.0 Å². The largest absolute Gasteiger partial charge is 0.367 e. The SMILES string of the molecule is CCc1cc2ncc(CN3CCN(c4ccc(C(=O)NC)nc4)CC34CCC4)cc2[nH]c1=O. The van der Waals surface area contributed by atoms with E-state index in [4.69, 9.17) is 0 Å². The molecular weight excluding hydrogens is 416 g/mol. The number of amides is 1. The Morgan fingerprint density at radius 2 is 2.03 bits per heavy atom. The number of aryl methyl sites for hydroxylation is 1. The molecule has 3 aromatic rings. The van der Waals surface area contributed by atoms with Crippen molar-refractivity contribution in [3.05, 3.63) is 63.8 Å². The van der Waals surface area contributed by atoms with Crippen molar-refractivity contribution in [2.24, 2.45) is 0 Å². The van der Waals surface area contributed by atoms with Gasteiger partial charge >= 0.3 is 0 Å². The summed E-state index contributed by atoms with van der Waals surface area (Å²) < 4.78 is 0. The van der Waals surface area contributed by atoms with Gasteiger partial charge in [0.05, 0.1) is 22.9 Å². The van der Waals surface area contributed by atoms with E-state index in [1.54, 1.807) is 19.3 Å². The zero-order chi connectivity index (χ0) is 23.0. The number of aromatic amines is 1. The normalized spacial score (nSPS) is 17.8. The van der Waals surface area contributed by atoms with E-state index in [1.807, 2.05) is 25.3 Å². The molecule has 2 fully saturated rings. The molecule has 5 rings (SSSR count). The van der Waals surface area contributed by atoms with Gasteiger partial charge in [-0.3, -0.25) is 19.5 Å². The molecule has 2 aliphatic rings. The van der Waals surface area contributed by atoms with E-state index in [2.05, 4.69) is 36.1 Å². The predicted octanol–water partition coefficient (Wildman–Crippen LogP) is 2.49.